The molecule has 0 bridgehead atoms. The minimum absolute atomic E-state index is 0.304. The number of Topliss-reactive ketones (excluding diaryl/α,β-unsaturated/α-hetero) is 1. The molecule has 13 heavy (non-hydrogen) atoms. The van der Waals surface area contributed by atoms with E-state index in [1.165, 1.54) is 6.92 Å². The Bertz CT molecular complexity index is 332. The van der Waals surface area contributed by atoms with Crippen LogP contribution in [-0.4, -0.2) is 17.0 Å². The normalized spacial score (nSPS) is 12.6. The number of rotatable bonds is 2. The zero-order valence-corrected chi connectivity index (χ0v) is 8.30. The number of hydrogen-bond donors (Lipinski definition) is 1. The molecule has 1 atom stereocenters. The van der Waals surface area contributed by atoms with Crippen molar-refractivity contribution in [1.82, 2.24) is 0 Å². The molecule has 0 aliphatic heterocycles. The molecule has 0 fully saturated rings. The highest BCUT2D eigenvalue weighted by Gasteiger charge is 2.12. The Morgan fingerprint density at radius 1 is 1.54 bits per heavy atom. The number of carbonyl (C=O) groups excluding carboxylic acids is 1. The Morgan fingerprint density at radius 3 is 2.62 bits per heavy atom. The summed E-state index contributed by atoms with van der Waals surface area (Å²) in [6.45, 7) is 3.30. The molecule has 0 heterocycles. The van der Waals surface area contributed by atoms with Gasteiger partial charge in [-0.3, -0.25) is 4.79 Å². The number of carbonyl (C=O) groups is 1. The van der Waals surface area contributed by atoms with Crippen molar-refractivity contribution in [3.63, 3.8) is 0 Å². The third-order valence-corrected chi connectivity index (χ3v) is 2.24. The summed E-state index contributed by atoms with van der Waals surface area (Å²) in [5.74, 6) is -0.304. The number of hydrogen-bond acceptors (Lipinski definition) is 2. The molecule has 0 amide bonds. The van der Waals surface area contributed by atoms with Gasteiger partial charge in [-0.25, -0.2) is 0 Å². The first-order chi connectivity index (χ1) is 6.02. The molecule has 2 nitrogen and oxygen atoms in total. The predicted octanol–water partition coefficient (Wildman–Crippen LogP) is 2.21. The molecule has 3 heteroatoms. The average molecular weight is 199 g/mol. The van der Waals surface area contributed by atoms with Crippen molar-refractivity contribution in [3.8, 4) is 0 Å². The smallest absolute Gasteiger partial charge is 0.191 e. The van der Waals surface area contributed by atoms with Crippen molar-refractivity contribution in [3.05, 3.63) is 34.3 Å². The van der Waals surface area contributed by atoms with E-state index in [1.807, 2.05) is 6.92 Å². The highest BCUT2D eigenvalue weighted by molar-refractivity contribution is 6.31. The lowest BCUT2D eigenvalue weighted by Crippen LogP contribution is -2.15. The minimum atomic E-state index is -0.973. The number of ketones is 1. The Kier molecular flexibility index (Phi) is 3.07. The molecule has 0 spiro atoms. The van der Waals surface area contributed by atoms with Gasteiger partial charge in [0, 0.05) is 10.6 Å². The second-order valence-corrected chi connectivity index (χ2v) is 3.41. The SMILES string of the molecule is Cc1ccc(C(=O)C(C)O)cc1Cl. The van der Waals surface area contributed by atoms with E-state index in [2.05, 4.69) is 0 Å². The summed E-state index contributed by atoms with van der Waals surface area (Å²) in [7, 11) is 0. The van der Waals surface area contributed by atoms with Gasteiger partial charge in [0.15, 0.2) is 5.78 Å². The number of aliphatic hydroxyl groups excluding tert-OH is 1. The number of halogens is 1. The van der Waals surface area contributed by atoms with E-state index in [1.54, 1.807) is 18.2 Å². The maximum absolute atomic E-state index is 11.3. The molecule has 1 unspecified atom stereocenters. The number of aliphatic hydroxyl groups is 1. The minimum Gasteiger partial charge on any atom is -0.385 e. The summed E-state index contributed by atoms with van der Waals surface area (Å²) >= 11 is 5.83. The van der Waals surface area contributed by atoms with Crippen molar-refractivity contribution in [1.29, 1.82) is 0 Å². The van der Waals surface area contributed by atoms with Crippen LogP contribution in [0.25, 0.3) is 0 Å². The van der Waals surface area contributed by atoms with Crippen LogP contribution in [0.3, 0.4) is 0 Å². The molecule has 0 saturated carbocycles. The highest BCUT2D eigenvalue weighted by Crippen LogP contribution is 2.17. The Hall–Kier alpha value is -0.860. The van der Waals surface area contributed by atoms with Crippen molar-refractivity contribution >= 4 is 17.4 Å². The van der Waals surface area contributed by atoms with Gasteiger partial charge in [-0.2, -0.15) is 0 Å². The first-order valence-electron chi connectivity index (χ1n) is 4.01. The molecule has 0 aliphatic rings. The third kappa shape index (κ3) is 2.29. The quantitative estimate of drug-likeness (QED) is 0.740. The molecule has 1 aromatic rings. The van der Waals surface area contributed by atoms with Crippen LogP contribution >= 0.6 is 11.6 Å². The van der Waals surface area contributed by atoms with Gasteiger partial charge in [0.25, 0.3) is 0 Å². The highest BCUT2D eigenvalue weighted by atomic mass is 35.5. The first-order valence-corrected chi connectivity index (χ1v) is 4.38. The summed E-state index contributed by atoms with van der Waals surface area (Å²) in [5, 5.41) is 9.59. The second-order valence-electron chi connectivity index (χ2n) is 3.00. The summed E-state index contributed by atoms with van der Waals surface area (Å²) in [4.78, 5) is 11.3. The Morgan fingerprint density at radius 2 is 2.15 bits per heavy atom. The van der Waals surface area contributed by atoms with Crippen LogP contribution in [-0.2, 0) is 0 Å². The molecule has 1 aromatic carbocycles. The summed E-state index contributed by atoms with van der Waals surface area (Å²) in [6, 6.07) is 5.00. The van der Waals surface area contributed by atoms with Gasteiger partial charge in [0.1, 0.15) is 6.10 Å². The van der Waals surface area contributed by atoms with Crippen LogP contribution in [0.1, 0.15) is 22.8 Å². The van der Waals surface area contributed by atoms with Gasteiger partial charge in [-0.15, -0.1) is 0 Å². The van der Waals surface area contributed by atoms with Crippen molar-refractivity contribution in [2.75, 3.05) is 0 Å². The molecular weight excluding hydrogens is 188 g/mol. The van der Waals surface area contributed by atoms with E-state index >= 15 is 0 Å². The van der Waals surface area contributed by atoms with Crippen LogP contribution in [0.4, 0.5) is 0 Å². The summed E-state index contributed by atoms with van der Waals surface area (Å²) in [6.07, 6.45) is -0.973. The summed E-state index contributed by atoms with van der Waals surface area (Å²) in [5.41, 5.74) is 1.37. The maximum atomic E-state index is 11.3. The standard InChI is InChI=1S/C10H11ClO2/c1-6-3-4-8(5-9(6)11)10(13)7(2)12/h3-5,7,12H,1-2H3. The van der Waals surface area contributed by atoms with Gasteiger partial charge in [-0.05, 0) is 25.5 Å². The van der Waals surface area contributed by atoms with Crippen LogP contribution in [0.15, 0.2) is 18.2 Å². The molecular formula is C10H11ClO2. The van der Waals surface area contributed by atoms with Gasteiger partial charge in [0.05, 0.1) is 0 Å². The first kappa shape index (κ1) is 10.2. The zero-order chi connectivity index (χ0) is 10.0. The van der Waals surface area contributed by atoms with E-state index in [4.69, 9.17) is 16.7 Å². The topological polar surface area (TPSA) is 37.3 Å². The number of benzene rings is 1. The molecule has 0 aliphatic carbocycles. The van der Waals surface area contributed by atoms with Crippen LogP contribution in [0, 0.1) is 6.92 Å². The lowest BCUT2D eigenvalue weighted by atomic mass is 10.1. The van der Waals surface area contributed by atoms with Crippen molar-refractivity contribution < 1.29 is 9.90 Å². The van der Waals surface area contributed by atoms with Crippen LogP contribution in [0.5, 0.6) is 0 Å². The lowest BCUT2D eigenvalue weighted by Gasteiger charge is -2.04. The molecule has 0 radical (unpaired) electrons. The monoisotopic (exact) mass is 198 g/mol. The van der Waals surface area contributed by atoms with Gasteiger partial charge < -0.3 is 5.11 Å². The lowest BCUT2D eigenvalue weighted by molar-refractivity contribution is 0.0779. The molecule has 1 rings (SSSR count). The van der Waals surface area contributed by atoms with Gasteiger partial charge in [-0.1, -0.05) is 23.7 Å². The molecule has 0 saturated heterocycles. The third-order valence-electron chi connectivity index (χ3n) is 1.84. The average Bonchev–Trinajstić information content (AvgIpc) is 2.08. The van der Waals surface area contributed by atoms with Crippen molar-refractivity contribution in [2.45, 2.75) is 20.0 Å². The molecule has 70 valence electrons. The van der Waals surface area contributed by atoms with E-state index in [0.717, 1.165) is 5.56 Å². The van der Waals surface area contributed by atoms with Crippen LogP contribution < -0.4 is 0 Å². The van der Waals surface area contributed by atoms with E-state index in [-0.39, 0.29) is 5.78 Å². The number of aryl methyl sites for hydroxylation is 1. The van der Waals surface area contributed by atoms with Crippen molar-refractivity contribution in [2.24, 2.45) is 0 Å². The fourth-order valence-corrected chi connectivity index (χ4v) is 1.17. The van der Waals surface area contributed by atoms with E-state index < -0.39 is 6.10 Å². The largest absolute Gasteiger partial charge is 0.385 e. The zero-order valence-electron chi connectivity index (χ0n) is 7.54. The van der Waals surface area contributed by atoms with E-state index in [9.17, 15) is 4.79 Å². The van der Waals surface area contributed by atoms with Gasteiger partial charge in [0.2, 0.25) is 0 Å². The summed E-state index contributed by atoms with van der Waals surface area (Å²) < 4.78 is 0. The molecule has 0 aromatic heterocycles. The van der Waals surface area contributed by atoms with Crippen LogP contribution in [0.2, 0.25) is 5.02 Å². The van der Waals surface area contributed by atoms with Gasteiger partial charge >= 0.3 is 0 Å². The predicted molar refractivity (Wildman–Crippen MR) is 52.2 cm³/mol. The van der Waals surface area contributed by atoms with E-state index in [0.29, 0.717) is 10.6 Å². The second kappa shape index (κ2) is 3.90. The fraction of sp³-hybridized carbons (Fsp3) is 0.300. The molecule has 1 N–H and O–H groups in total. The fourth-order valence-electron chi connectivity index (χ4n) is 0.987. The Labute approximate surface area is 82.2 Å². The maximum Gasteiger partial charge on any atom is 0.191 e. The Balaban J connectivity index is 3.04.